The van der Waals surface area contributed by atoms with Crippen LogP contribution in [0.5, 0.6) is 0 Å². The highest BCUT2D eigenvalue weighted by Crippen LogP contribution is 2.15. The van der Waals surface area contributed by atoms with E-state index in [0.29, 0.717) is 17.0 Å². The monoisotopic (exact) mass is 350 g/mol. The highest BCUT2D eigenvalue weighted by molar-refractivity contribution is 7.08. The molecule has 2 N–H and O–H groups in total. The average Bonchev–Trinajstić information content (AvgIpc) is 2.99. The van der Waals surface area contributed by atoms with Crippen LogP contribution in [-0.4, -0.2) is 17.9 Å². The van der Waals surface area contributed by atoms with Gasteiger partial charge in [0, 0.05) is 16.0 Å². The van der Waals surface area contributed by atoms with Gasteiger partial charge >= 0.3 is 0 Å². The molecule has 6 heteroatoms. The molecule has 0 aliphatic rings. The fourth-order valence-electron chi connectivity index (χ4n) is 2.11. The number of hydrogen-bond donors (Lipinski definition) is 2. The lowest BCUT2D eigenvalue weighted by molar-refractivity contribution is -0.118. The van der Waals surface area contributed by atoms with Crippen LogP contribution in [0, 0.1) is 5.92 Å². The molecule has 1 aromatic carbocycles. The van der Waals surface area contributed by atoms with Crippen molar-refractivity contribution < 1.29 is 9.59 Å². The molecule has 1 heterocycles. The maximum Gasteiger partial charge on any atom is 0.251 e. The van der Waals surface area contributed by atoms with Gasteiger partial charge in [0.2, 0.25) is 5.91 Å². The SMILES string of the molecule is CC(C)CC(NC(=O)c1ccc(Cl)cc1)C(=O)Nc1ccsc1. The van der Waals surface area contributed by atoms with Crippen LogP contribution in [0.25, 0.3) is 0 Å². The highest BCUT2D eigenvalue weighted by Gasteiger charge is 2.22. The number of anilines is 1. The molecule has 0 fully saturated rings. The summed E-state index contributed by atoms with van der Waals surface area (Å²) in [6, 6.07) is 7.83. The number of nitrogens with one attached hydrogen (secondary N) is 2. The van der Waals surface area contributed by atoms with Crippen molar-refractivity contribution in [2.45, 2.75) is 26.3 Å². The van der Waals surface area contributed by atoms with Crippen molar-refractivity contribution in [1.29, 1.82) is 0 Å². The maximum atomic E-state index is 12.4. The van der Waals surface area contributed by atoms with Crippen LogP contribution < -0.4 is 10.6 Å². The summed E-state index contributed by atoms with van der Waals surface area (Å²) in [5, 5.41) is 9.94. The predicted octanol–water partition coefficient (Wildman–Crippen LogP) is 4.18. The van der Waals surface area contributed by atoms with E-state index in [0.717, 1.165) is 5.69 Å². The minimum Gasteiger partial charge on any atom is -0.340 e. The van der Waals surface area contributed by atoms with Gasteiger partial charge in [-0.15, -0.1) is 0 Å². The van der Waals surface area contributed by atoms with Crippen molar-refractivity contribution in [3.63, 3.8) is 0 Å². The minimum atomic E-state index is -0.585. The number of hydrogen-bond acceptors (Lipinski definition) is 3. The number of amides is 2. The van der Waals surface area contributed by atoms with E-state index in [-0.39, 0.29) is 17.7 Å². The molecule has 0 radical (unpaired) electrons. The summed E-state index contributed by atoms with van der Waals surface area (Å²) in [5.74, 6) is -0.217. The Bertz CT molecular complexity index is 654. The second kappa shape index (κ2) is 8.13. The van der Waals surface area contributed by atoms with Gasteiger partial charge in [-0.3, -0.25) is 9.59 Å². The lowest BCUT2D eigenvalue weighted by Gasteiger charge is -2.20. The number of thiophene rings is 1. The second-order valence-electron chi connectivity index (χ2n) is 5.66. The summed E-state index contributed by atoms with van der Waals surface area (Å²) in [5.41, 5.74) is 1.22. The Balaban J connectivity index is 2.06. The van der Waals surface area contributed by atoms with Crippen molar-refractivity contribution in [2.75, 3.05) is 5.32 Å². The third-order valence-corrected chi connectivity index (χ3v) is 4.16. The Hall–Kier alpha value is -1.85. The van der Waals surface area contributed by atoms with Gasteiger partial charge < -0.3 is 10.6 Å². The number of carbonyl (C=O) groups is 2. The van der Waals surface area contributed by atoms with Crippen LogP contribution in [0.3, 0.4) is 0 Å². The first-order chi connectivity index (χ1) is 11.0. The fraction of sp³-hybridized carbons (Fsp3) is 0.294. The Labute approximate surface area is 144 Å². The van der Waals surface area contributed by atoms with E-state index in [1.807, 2.05) is 30.7 Å². The van der Waals surface area contributed by atoms with Gasteiger partial charge in [0.25, 0.3) is 5.91 Å². The summed E-state index contributed by atoms with van der Waals surface area (Å²) >= 11 is 7.33. The van der Waals surface area contributed by atoms with E-state index in [9.17, 15) is 9.59 Å². The topological polar surface area (TPSA) is 58.2 Å². The zero-order valence-corrected chi connectivity index (χ0v) is 14.6. The fourth-order valence-corrected chi connectivity index (χ4v) is 2.82. The average molecular weight is 351 g/mol. The van der Waals surface area contributed by atoms with Crippen molar-refractivity contribution in [3.05, 3.63) is 51.7 Å². The number of benzene rings is 1. The molecule has 0 saturated heterocycles. The number of rotatable bonds is 6. The standard InChI is InChI=1S/C17H19ClN2O2S/c1-11(2)9-15(17(22)19-14-7-8-23-10-14)20-16(21)12-3-5-13(18)6-4-12/h3-8,10-11,15H,9H2,1-2H3,(H,19,22)(H,20,21). The normalized spacial score (nSPS) is 12.0. The Morgan fingerprint density at radius 3 is 2.43 bits per heavy atom. The van der Waals surface area contributed by atoms with Crippen molar-refractivity contribution in [3.8, 4) is 0 Å². The Kier molecular flexibility index (Phi) is 6.19. The van der Waals surface area contributed by atoms with Crippen LogP contribution in [0.4, 0.5) is 5.69 Å². The third kappa shape index (κ3) is 5.37. The molecule has 0 spiro atoms. The van der Waals surface area contributed by atoms with E-state index in [2.05, 4.69) is 10.6 Å². The van der Waals surface area contributed by atoms with Gasteiger partial charge in [0.05, 0.1) is 5.69 Å². The van der Waals surface area contributed by atoms with Gasteiger partial charge in [0.15, 0.2) is 0 Å². The first-order valence-electron chi connectivity index (χ1n) is 7.35. The second-order valence-corrected chi connectivity index (χ2v) is 6.88. The van der Waals surface area contributed by atoms with Crippen molar-refractivity contribution in [2.24, 2.45) is 5.92 Å². The van der Waals surface area contributed by atoms with Gasteiger partial charge in [-0.1, -0.05) is 25.4 Å². The molecule has 122 valence electrons. The molecule has 1 atom stereocenters. The molecule has 23 heavy (non-hydrogen) atoms. The summed E-state index contributed by atoms with van der Waals surface area (Å²) < 4.78 is 0. The zero-order chi connectivity index (χ0) is 16.8. The largest absolute Gasteiger partial charge is 0.340 e. The lowest BCUT2D eigenvalue weighted by Crippen LogP contribution is -2.44. The molecule has 0 aliphatic heterocycles. The summed E-state index contributed by atoms with van der Waals surface area (Å²) in [6.07, 6.45) is 0.565. The number of carbonyl (C=O) groups excluding carboxylic acids is 2. The highest BCUT2D eigenvalue weighted by atomic mass is 35.5. The first-order valence-corrected chi connectivity index (χ1v) is 8.67. The van der Waals surface area contributed by atoms with Crippen LogP contribution in [0.2, 0.25) is 5.02 Å². The number of halogens is 1. The van der Waals surface area contributed by atoms with E-state index in [4.69, 9.17) is 11.6 Å². The van der Waals surface area contributed by atoms with Gasteiger partial charge in [0.1, 0.15) is 6.04 Å². The van der Waals surface area contributed by atoms with Crippen LogP contribution in [0.15, 0.2) is 41.1 Å². The molecule has 1 unspecified atom stereocenters. The molecule has 2 aromatic rings. The third-order valence-electron chi connectivity index (χ3n) is 3.22. The van der Waals surface area contributed by atoms with E-state index < -0.39 is 6.04 Å². The Morgan fingerprint density at radius 1 is 1.17 bits per heavy atom. The molecule has 0 saturated carbocycles. The molecule has 2 rings (SSSR count). The molecule has 4 nitrogen and oxygen atoms in total. The molecule has 1 aromatic heterocycles. The molecule has 2 amide bonds. The van der Waals surface area contributed by atoms with Crippen LogP contribution >= 0.6 is 22.9 Å². The summed E-state index contributed by atoms with van der Waals surface area (Å²) in [6.45, 7) is 4.03. The lowest BCUT2D eigenvalue weighted by atomic mass is 10.0. The summed E-state index contributed by atoms with van der Waals surface area (Å²) in [4.78, 5) is 24.7. The van der Waals surface area contributed by atoms with Crippen LogP contribution in [0.1, 0.15) is 30.6 Å². The minimum absolute atomic E-state index is 0.209. The van der Waals surface area contributed by atoms with Crippen molar-refractivity contribution in [1.82, 2.24) is 5.32 Å². The quantitative estimate of drug-likeness (QED) is 0.820. The van der Waals surface area contributed by atoms with Gasteiger partial charge in [-0.2, -0.15) is 11.3 Å². The van der Waals surface area contributed by atoms with E-state index >= 15 is 0 Å². The van der Waals surface area contributed by atoms with Crippen molar-refractivity contribution >= 4 is 40.4 Å². The van der Waals surface area contributed by atoms with Gasteiger partial charge in [-0.25, -0.2) is 0 Å². The first kappa shape index (κ1) is 17.5. The Morgan fingerprint density at radius 2 is 1.87 bits per heavy atom. The zero-order valence-electron chi connectivity index (χ0n) is 13.0. The summed E-state index contributed by atoms with van der Waals surface area (Å²) in [7, 11) is 0. The maximum absolute atomic E-state index is 12.4. The van der Waals surface area contributed by atoms with E-state index in [1.54, 1.807) is 24.3 Å². The molecule has 0 bridgehead atoms. The molecular weight excluding hydrogens is 332 g/mol. The smallest absolute Gasteiger partial charge is 0.251 e. The van der Waals surface area contributed by atoms with Crippen LogP contribution in [-0.2, 0) is 4.79 Å². The van der Waals surface area contributed by atoms with Gasteiger partial charge in [-0.05, 0) is 48.1 Å². The van der Waals surface area contributed by atoms with E-state index in [1.165, 1.54) is 11.3 Å². The molecular formula is C17H19ClN2O2S. The molecule has 0 aliphatic carbocycles. The predicted molar refractivity (Wildman–Crippen MR) is 95.1 cm³/mol.